The molecule has 3 aliphatic rings. The molecule has 2 heterocycles. The molecule has 1 aliphatic carbocycles. The number of benzene rings is 3. The van der Waals surface area contributed by atoms with Crippen LogP contribution in [0.15, 0.2) is 90.1 Å². The number of nitrogens with one attached hydrogen (secondary N) is 1. The number of hydrogen-bond acceptors (Lipinski definition) is 5. The minimum absolute atomic E-state index is 0.0483. The quantitative estimate of drug-likeness (QED) is 0.410. The van der Waals surface area contributed by atoms with Crippen molar-refractivity contribution in [1.29, 1.82) is 0 Å². The molecular weight excluding hydrogens is 520 g/mol. The molecule has 3 aromatic rings. The third kappa shape index (κ3) is 5.08. The highest BCUT2D eigenvalue weighted by Gasteiger charge is 2.42. The number of para-hydroxylation sites is 3. The second-order valence-electron chi connectivity index (χ2n) is 11.7. The largest absolute Gasteiger partial charge is 0.368 e. The molecule has 0 radical (unpaired) electrons. The van der Waals surface area contributed by atoms with E-state index in [2.05, 4.69) is 41.1 Å². The lowest BCUT2D eigenvalue weighted by Gasteiger charge is -2.40. The van der Waals surface area contributed by atoms with Gasteiger partial charge in [0.25, 0.3) is 0 Å². The van der Waals surface area contributed by atoms with Crippen molar-refractivity contribution in [2.45, 2.75) is 32.7 Å². The zero-order valence-electron chi connectivity index (χ0n) is 23.1. The number of allylic oxidation sites excluding steroid dienone is 1. The monoisotopic (exact) mass is 554 g/mol. The van der Waals surface area contributed by atoms with Crippen LogP contribution in [0.1, 0.15) is 38.3 Å². The third-order valence-corrected chi connectivity index (χ3v) is 8.61. The smallest absolute Gasteiger partial charge is 0.242 e. The molecule has 0 saturated carbocycles. The fourth-order valence-corrected chi connectivity index (χ4v) is 6.59. The van der Waals surface area contributed by atoms with E-state index in [9.17, 15) is 9.59 Å². The van der Waals surface area contributed by atoms with Crippen LogP contribution in [-0.2, 0) is 9.59 Å². The number of carbonyl (C=O) groups excluding carboxylic acids is 2. The van der Waals surface area contributed by atoms with E-state index in [1.165, 1.54) is 5.69 Å². The van der Waals surface area contributed by atoms with Gasteiger partial charge in [0.2, 0.25) is 5.91 Å². The van der Waals surface area contributed by atoms with Gasteiger partial charge < -0.3 is 20.0 Å². The van der Waals surface area contributed by atoms with Gasteiger partial charge in [-0.1, -0.05) is 74.0 Å². The van der Waals surface area contributed by atoms with E-state index in [0.717, 1.165) is 42.1 Å². The number of halogens is 1. The predicted molar refractivity (Wildman–Crippen MR) is 162 cm³/mol. The van der Waals surface area contributed by atoms with Crippen molar-refractivity contribution in [1.82, 2.24) is 4.90 Å². The standard InChI is InChI=1S/C33H35ClN4O2/c1-33(2)20-27-31(29(39)21-33)32(24-12-6-7-13-25(24)34)38(28-15-9-8-14-26(28)35-27)22-30(40)37-18-16-36(17-19-37)23-10-4-3-5-11-23/h3-15,32,35H,16-22H2,1-2H3. The number of carbonyl (C=O) groups is 2. The van der Waals surface area contributed by atoms with Gasteiger partial charge in [-0.05, 0) is 47.7 Å². The summed E-state index contributed by atoms with van der Waals surface area (Å²) in [6.45, 7) is 7.28. The summed E-state index contributed by atoms with van der Waals surface area (Å²) in [5.74, 6) is 0.151. The Morgan fingerprint density at radius 3 is 2.33 bits per heavy atom. The van der Waals surface area contributed by atoms with Crippen LogP contribution in [0.5, 0.6) is 0 Å². The van der Waals surface area contributed by atoms with Crippen LogP contribution in [-0.4, -0.2) is 49.3 Å². The maximum Gasteiger partial charge on any atom is 0.242 e. The molecule has 40 heavy (non-hydrogen) atoms. The molecule has 1 unspecified atom stereocenters. The molecule has 1 N–H and O–H groups in total. The van der Waals surface area contributed by atoms with Crippen molar-refractivity contribution in [3.8, 4) is 0 Å². The topological polar surface area (TPSA) is 55.9 Å². The molecule has 1 fully saturated rings. The molecule has 1 amide bonds. The number of fused-ring (bicyclic) bond motifs is 1. The molecule has 0 aromatic heterocycles. The van der Waals surface area contributed by atoms with E-state index in [1.807, 2.05) is 71.6 Å². The fourth-order valence-electron chi connectivity index (χ4n) is 6.35. The first-order chi connectivity index (χ1) is 19.3. The molecule has 7 heteroatoms. The Labute approximate surface area is 241 Å². The van der Waals surface area contributed by atoms with Gasteiger partial charge in [0, 0.05) is 54.6 Å². The Morgan fingerprint density at radius 1 is 0.900 bits per heavy atom. The highest BCUT2D eigenvalue weighted by molar-refractivity contribution is 6.31. The van der Waals surface area contributed by atoms with Gasteiger partial charge in [-0.3, -0.25) is 9.59 Å². The maximum atomic E-state index is 13.9. The van der Waals surface area contributed by atoms with Crippen molar-refractivity contribution in [3.05, 3.63) is 101 Å². The van der Waals surface area contributed by atoms with Gasteiger partial charge >= 0.3 is 0 Å². The predicted octanol–water partition coefficient (Wildman–Crippen LogP) is 6.31. The third-order valence-electron chi connectivity index (χ3n) is 8.26. The van der Waals surface area contributed by atoms with Crippen molar-refractivity contribution >= 4 is 40.4 Å². The number of ketones is 1. The van der Waals surface area contributed by atoms with Crippen molar-refractivity contribution in [3.63, 3.8) is 0 Å². The second-order valence-corrected chi connectivity index (χ2v) is 12.1. The SMILES string of the molecule is CC1(C)CC(=O)C2=C(C1)Nc1ccccc1N(CC(=O)N1CCN(c3ccccc3)CC1)C2c1ccccc1Cl. The number of amides is 1. The lowest BCUT2D eigenvalue weighted by Crippen LogP contribution is -2.52. The summed E-state index contributed by atoms with van der Waals surface area (Å²) in [5.41, 5.74) is 5.28. The van der Waals surface area contributed by atoms with Gasteiger partial charge in [0.1, 0.15) is 0 Å². The van der Waals surface area contributed by atoms with Crippen LogP contribution in [0.3, 0.4) is 0 Å². The Balaban J connectivity index is 1.37. The van der Waals surface area contributed by atoms with Crippen LogP contribution in [0, 0.1) is 5.41 Å². The Bertz CT molecular complexity index is 1460. The van der Waals surface area contributed by atoms with Crippen molar-refractivity contribution < 1.29 is 9.59 Å². The zero-order valence-corrected chi connectivity index (χ0v) is 23.8. The molecule has 6 rings (SSSR count). The number of nitrogens with zero attached hydrogens (tertiary/aromatic N) is 3. The van der Waals surface area contributed by atoms with E-state index in [4.69, 9.17) is 11.6 Å². The summed E-state index contributed by atoms with van der Waals surface area (Å²) >= 11 is 6.82. The van der Waals surface area contributed by atoms with Crippen molar-refractivity contribution in [2.24, 2.45) is 5.41 Å². The molecule has 1 saturated heterocycles. The maximum absolute atomic E-state index is 13.9. The summed E-state index contributed by atoms with van der Waals surface area (Å²) in [7, 11) is 0. The minimum atomic E-state index is -0.474. The number of Topliss-reactive ketones (excluding diaryl/α,β-unsaturated/α-hetero) is 1. The summed E-state index contributed by atoms with van der Waals surface area (Å²) in [6, 6.07) is 25.6. The first-order valence-electron chi connectivity index (χ1n) is 14.0. The molecular formula is C33H35ClN4O2. The van der Waals surface area contributed by atoms with E-state index in [1.54, 1.807) is 0 Å². The molecule has 0 spiro atoms. The van der Waals surface area contributed by atoms with Crippen LogP contribution in [0.2, 0.25) is 5.02 Å². The average Bonchev–Trinajstić information content (AvgIpc) is 3.07. The summed E-state index contributed by atoms with van der Waals surface area (Å²) in [6.07, 6.45) is 1.20. The first kappa shape index (κ1) is 26.5. The van der Waals surface area contributed by atoms with Crippen molar-refractivity contribution in [2.75, 3.05) is 47.8 Å². The fraction of sp³-hybridized carbons (Fsp3) is 0.333. The first-order valence-corrected chi connectivity index (χ1v) is 14.4. The highest BCUT2D eigenvalue weighted by atomic mass is 35.5. The summed E-state index contributed by atoms with van der Waals surface area (Å²) < 4.78 is 0. The van der Waals surface area contributed by atoms with E-state index < -0.39 is 6.04 Å². The van der Waals surface area contributed by atoms with Gasteiger partial charge in [-0.25, -0.2) is 0 Å². The number of rotatable bonds is 4. The Morgan fingerprint density at radius 2 is 1.57 bits per heavy atom. The Hall–Kier alpha value is -3.77. The number of hydrogen-bond donors (Lipinski definition) is 1. The number of piperazine rings is 1. The number of anilines is 3. The lowest BCUT2D eigenvalue weighted by molar-refractivity contribution is -0.130. The van der Waals surface area contributed by atoms with Gasteiger partial charge in [0.15, 0.2) is 5.78 Å². The van der Waals surface area contributed by atoms with Gasteiger partial charge in [-0.2, -0.15) is 0 Å². The van der Waals surface area contributed by atoms with Crippen LogP contribution < -0.4 is 15.1 Å². The van der Waals surface area contributed by atoms with Crippen LogP contribution in [0.4, 0.5) is 17.1 Å². The van der Waals surface area contributed by atoms with E-state index >= 15 is 0 Å². The molecule has 1 atom stereocenters. The molecule has 3 aromatic carbocycles. The molecule has 206 valence electrons. The van der Waals surface area contributed by atoms with Crippen LogP contribution >= 0.6 is 11.6 Å². The molecule has 0 bridgehead atoms. The van der Waals surface area contributed by atoms with Gasteiger partial charge in [-0.15, -0.1) is 0 Å². The Kier molecular flexibility index (Phi) is 7.05. The zero-order chi connectivity index (χ0) is 27.9. The minimum Gasteiger partial charge on any atom is -0.368 e. The van der Waals surface area contributed by atoms with E-state index in [-0.39, 0.29) is 23.7 Å². The van der Waals surface area contributed by atoms with E-state index in [0.29, 0.717) is 30.1 Å². The highest BCUT2D eigenvalue weighted by Crippen LogP contribution is 2.49. The molecule has 6 nitrogen and oxygen atoms in total. The van der Waals surface area contributed by atoms with Gasteiger partial charge in [0.05, 0.1) is 24.0 Å². The second kappa shape index (κ2) is 10.7. The summed E-state index contributed by atoms with van der Waals surface area (Å²) in [4.78, 5) is 34.2. The molecule has 2 aliphatic heterocycles. The van der Waals surface area contributed by atoms with Crippen LogP contribution in [0.25, 0.3) is 0 Å². The normalized spacial score (nSPS) is 20.4. The average molecular weight is 555 g/mol. The summed E-state index contributed by atoms with van der Waals surface area (Å²) in [5, 5.41) is 4.20. The lowest BCUT2D eigenvalue weighted by atomic mass is 9.73.